The Morgan fingerprint density at radius 3 is 2.83 bits per heavy atom. The van der Waals surface area contributed by atoms with Crippen LogP contribution in [0.15, 0.2) is 28.7 Å². The Labute approximate surface area is 135 Å². The van der Waals surface area contributed by atoms with E-state index in [-0.39, 0.29) is 12.0 Å². The number of benzene rings is 1. The highest BCUT2D eigenvalue weighted by Crippen LogP contribution is 2.29. The quantitative estimate of drug-likeness (QED) is 0.931. The molecule has 3 rings (SSSR count). The molecule has 1 aliphatic heterocycles. The largest absolute Gasteiger partial charge is 0.419 e. The first-order chi connectivity index (χ1) is 11.1. The number of hydrogen-bond acceptors (Lipinski definition) is 6. The molecule has 1 fully saturated rings. The first-order valence-electron chi connectivity index (χ1n) is 7.78. The summed E-state index contributed by atoms with van der Waals surface area (Å²) in [5.41, 5.74) is 1.36. The number of aromatic nitrogens is 2. The maximum absolute atomic E-state index is 9.53. The van der Waals surface area contributed by atoms with Crippen molar-refractivity contribution in [1.29, 1.82) is 5.26 Å². The second-order valence-corrected chi connectivity index (χ2v) is 6.47. The Balaban J connectivity index is 1.68. The van der Waals surface area contributed by atoms with Crippen molar-refractivity contribution in [3.05, 3.63) is 35.7 Å². The summed E-state index contributed by atoms with van der Waals surface area (Å²) < 4.78 is 5.74. The van der Waals surface area contributed by atoms with Crippen molar-refractivity contribution in [3.8, 4) is 17.5 Å². The summed E-state index contributed by atoms with van der Waals surface area (Å²) in [5.74, 6) is 1.04. The number of nitriles is 1. The molecule has 0 saturated carbocycles. The smallest absolute Gasteiger partial charge is 0.247 e. The predicted octanol–water partition coefficient (Wildman–Crippen LogP) is 2.20. The summed E-state index contributed by atoms with van der Waals surface area (Å²) in [6.07, 6.45) is 2.11. The number of rotatable bonds is 4. The number of aliphatic hydroxyl groups excluding tert-OH is 1. The van der Waals surface area contributed by atoms with Gasteiger partial charge in [-0.2, -0.15) is 5.26 Å². The highest BCUT2D eigenvalue weighted by Gasteiger charge is 2.30. The Bertz CT molecular complexity index is 704. The Hall–Kier alpha value is -2.23. The van der Waals surface area contributed by atoms with Crippen molar-refractivity contribution in [2.75, 3.05) is 19.7 Å². The molecular weight excluding hydrogens is 292 g/mol. The molecule has 0 bridgehead atoms. The minimum Gasteiger partial charge on any atom is -0.419 e. The van der Waals surface area contributed by atoms with Gasteiger partial charge >= 0.3 is 0 Å². The predicted molar refractivity (Wildman–Crippen MR) is 84.2 cm³/mol. The first kappa shape index (κ1) is 15.7. The van der Waals surface area contributed by atoms with Crippen LogP contribution in [0.2, 0.25) is 0 Å². The second kappa shape index (κ2) is 6.49. The van der Waals surface area contributed by atoms with Gasteiger partial charge in [-0.15, -0.1) is 10.2 Å². The van der Waals surface area contributed by atoms with Gasteiger partial charge in [0.25, 0.3) is 0 Å². The molecule has 1 atom stereocenters. The summed E-state index contributed by atoms with van der Waals surface area (Å²) in [5, 5.41) is 26.6. The van der Waals surface area contributed by atoms with Crippen LogP contribution in [0.4, 0.5) is 0 Å². The van der Waals surface area contributed by atoms with Crippen LogP contribution in [0.25, 0.3) is 11.5 Å². The second-order valence-electron chi connectivity index (χ2n) is 6.47. The third kappa shape index (κ3) is 3.58. The van der Waals surface area contributed by atoms with Crippen LogP contribution in [-0.2, 0) is 6.54 Å². The standard InChI is InChI=1S/C17H20N4O2/c1-17(12-22)7-2-8-21(11-17)10-15-19-20-16(23-15)14-5-3-13(9-18)4-6-14/h3-6,22H,2,7-8,10-12H2,1H3. The molecule has 6 heteroatoms. The van der Waals surface area contributed by atoms with Gasteiger partial charge in [-0.25, -0.2) is 0 Å². The van der Waals surface area contributed by atoms with Crippen molar-refractivity contribution in [2.24, 2.45) is 5.41 Å². The van der Waals surface area contributed by atoms with E-state index in [9.17, 15) is 5.11 Å². The third-order valence-corrected chi connectivity index (χ3v) is 4.33. The Morgan fingerprint density at radius 2 is 2.13 bits per heavy atom. The van der Waals surface area contributed by atoms with E-state index in [1.165, 1.54) is 0 Å². The minimum atomic E-state index is -0.0474. The fourth-order valence-electron chi connectivity index (χ4n) is 3.00. The molecule has 1 aliphatic rings. The average Bonchev–Trinajstić information content (AvgIpc) is 3.03. The van der Waals surface area contributed by atoms with Crippen LogP contribution >= 0.6 is 0 Å². The van der Waals surface area contributed by atoms with E-state index in [4.69, 9.17) is 9.68 Å². The average molecular weight is 312 g/mol. The fourth-order valence-corrected chi connectivity index (χ4v) is 3.00. The zero-order valence-corrected chi connectivity index (χ0v) is 13.2. The number of nitrogens with zero attached hydrogens (tertiary/aromatic N) is 4. The molecular formula is C17H20N4O2. The lowest BCUT2D eigenvalue weighted by atomic mass is 9.83. The van der Waals surface area contributed by atoms with Gasteiger partial charge < -0.3 is 9.52 Å². The zero-order chi connectivity index (χ0) is 16.3. The van der Waals surface area contributed by atoms with E-state index in [2.05, 4.69) is 28.1 Å². The number of hydrogen-bond donors (Lipinski definition) is 1. The molecule has 2 aromatic rings. The van der Waals surface area contributed by atoms with Crippen LogP contribution in [-0.4, -0.2) is 39.9 Å². The van der Waals surface area contributed by atoms with E-state index in [0.717, 1.165) is 31.5 Å². The molecule has 1 N–H and O–H groups in total. The van der Waals surface area contributed by atoms with E-state index in [0.29, 0.717) is 23.9 Å². The summed E-state index contributed by atoms with van der Waals surface area (Å²) >= 11 is 0. The van der Waals surface area contributed by atoms with Gasteiger partial charge in [-0.1, -0.05) is 6.92 Å². The van der Waals surface area contributed by atoms with Gasteiger partial charge in [0.2, 0.25) is 11.8 Å². The molecule has 1 saturated heterocycles. The SMILES string of the molecule is CC1(CO)CCCN(Cc2nnc(-c3ccc(C#N)cc3)o2)C1. The van der Waals surface area contributed by atoms with Gasteiger partial charge in [0.15, 0.2) is 0 Å². The molecule has 6 nitrogen and oxygen atoms in total. The molecule has 1 unspecified atom stereocenters. The maximum Gasteiger partial charge on any atom is 0.247 e. The zero-order valence-electron chi connectivity index (χ0n) is 13.2. The lowest BCUT2D eigenvalue weighted by Gasteiger charge is -2.38. The number of likely N-dealkylation sites (tertiary alicyclic amines) is 1. The van der Waals surface area contributed by atoms with Crippen LogP contribution in [0.3, 0.4) is 0 Å². The molecule has 120 valence electrons. The summed E-state index contributed by atoms with van der Waals surface area (Å²) in [6.45, 7) is 4.71. The number of piperidine rings is 1. The molecule has 23 heavy (non-hydrogen) atoms. The van der Waals surface area contributed by atoms with Crippen molar-refractivity contribution >= 4 is 0 Å². The highest BCUT2D eigenvalue weighted by atomic mass is 16.4. The van der Waals surface area contributed by atoms with E-state index < -0.39 is 0 Å². The first-order valence-corrected chi connectivity index (χ1v) is 7.78. The van der Waals surface area contributed by atoms with Crippen molar-refractivity contribution in [2.45, 2.75) is 26.3 Å². The Morgan fingerprint density at radius 1 is 1.35 bits per heavy atom. The monoisotopic (exact) mass is 312 g/mol. The van der Waals surface area contributed by atoms with Crippen LogP contribution < -0.4 is 0 Å². The highest BCUT2D eigenvalue weighted by molar-refractivity contribution is 5.54. The summed E-state index contributed by atoms with van der Waals surface area (Å²) in [4.78, 5) is 2.25. The molecule has 0 spiro atoms. The topological polar surface area (TPSA) is 86.2 Å². The molecule has 2 heterocycles. The van der Waals surface area contributed by atoms with Crippen LogP contribution in [0, 0.1) is 16.7 Å². The van der Waals surface area contributed by atoms with Crippen LogP contribution in [0.1, 0.15) is 31.2 Å². The molecule has 0 radical (unpaired) electrons. The molecule has 1 aromatic heterocycles. The van der Waals surface area contributed by atoms with E-state index >= 15 is 0 Å². The van der Waals surface area contributed by atoms with E-state index in [1.54, 1.807) is 24.3 Å². The lowest BCUT2D eigenvalue weighted by Crippen LogP contribution is -2.43. The molecule has 0 amide bonds. The third-order valence-electron chi connectivity index (χ3n) is 4.33. The fraction of sp³-hybridized carbons (Fsp3) is 0.471. The summed E-state index contributed by atoms with van der Waals surface area (Å²) in [7, 11) is 0. The summed E-state index contributed by atoms with van der Waals surface area (Å²) in [6, 6.07) is 9.16. The normalized spacial score (nSPS) is 22.0. The van der Waals surface area contributed by atoms with Crippen molar-refractivity contribution in [1.82, 2.24) is 15.1 Å². The van der Waals surface area contributed by atoms with Gasteiger partial charge in [0.05, 0.1) is 18.2 Å². The van der Waals surface area contributed by atoms with Gasteiger partial charge in [-0.05, 0) is 43.7 Å². The number of aliphatic hydroxyl groups is 1. The van der Waals surface area contributed by atoms with Gasteiger partial charge in [-0.3, -0.25) is 4.90 Å². The van der Waals surface area contributed by atoms with Crippen LogP contribution in [0.5, 0.6) is 0 Å². The van der Waals surface area contributed by atoms with Gasteiger partial charge in [0, 0.05) is 24.1 Å². The maximum atomic E-state index is 9.53. The minimum absolute atomic E-state index is 0.0474. The van der Waals surface area contributed by atoms with Gasteiger partial charge in [0.1, 0.15) is 0 Å². The molecule has 1 aromatic carbocycles. The lowest BCUT2D eigenvalue weighted by molar-refractivity contribution is 0.0392. The molecule has 0 aliphatic carbocycles. The Kier molecular flexibility index (Phi) is 4.42. The van der Waals surface area contributed by atoms with E-state index in [1.807, 2.05) is 0 Å². The van der Waals surface area contributed by atoms with Crippen molar-refractivity contribution in [3.63, 3.8) is 0 Å². The van der Waals surface area contributed by atoms with Crippen molar-refractivity contribution < 1.29 is 9.52 Å².